The van der Waals surface area contributed by atoms with Crippen LogP contribution in [0.3, 0.4) is 0 Å². The maximum Gasteiger partial charge on any atom is 0.162 e. The van der Waals surface area contributed by atoms with Crippen molar-refractivity contribution in [2.75, 3.05) is 7.11 Å². The second kappa shape index (κ2) is 5.42. The topological polar surface area (TPSA) is 42.2 Å². The van der Waals surface area contributed by atoms with Gasteiger partial charge in [-0.3, -0.25) is 0 Å². The molecule has 1 aliphatic carbocycles. The number of ether oxygens (including phenoxy) is 2. The van der Waals surface area contributed by atoms with Crippen LogP contribution in [0, 0.1) is 11.3 Å². The summed E-state index contributed by atoms with van der Waals surface area (Å²) in [5.41, 5.74) is 0.556. The number of halogens is 1. The van der Waals surface area contributed by atoms with Crippen LogP contribution in [0.2, 0.25) is 0 Å². The van der Waals surface area contributed by atoms with Crippen LogP contribution in [0.25, 0.3) is 0 Å². The number of hydrogen-bond donors (Lipinski definition) is 0. The first-order chi connectivity index (χ1) is 8.24. The Balaban J connectivity index is 2.26. The van der Waals surface area contributed by atoms with Crippen LogP contribution < -0.4 is 9.47 Å². The molecule has 1 saturated carbocycles. The molecule has 1 aromatic carbocycles. The SMILES string of the molecule is COc1cc(C#N)c(Br)cc1OC1CCCC1. The van der Waals surface area contributed by atoms with Crippen molar-refractivity contribution >= 4 is 15.9 Å². The van der Waals surface area contributed by atoms with Crippen molar-refractivity contribution in [1.29, 1.82) is 5.26 Å². The maximum absolute atomic E-state index is 8.94. The zero-order valence-corrected chi connectivity index (χ0v) is 11.3. The van der Waals surface area contributed by atoms with Gasteiger partial charge in [0.15, 0.2) is 11.5 Å². The van der Waals surface area contributed by atoms with Gasteiger partial charge in [-0.25, -0.2) is 0 Å². The molecule has 0 radical (unpaired) electrons. The van der Waals surface area contributed by atoms with Crippen molar-refractivity contribution in [3.05, 3.63) is 22.2 Å². The Bertz CT molecular complexity index is 447. The number of rotatable bonds is 3. The lowest BCUT2D eigenvalue weighted by atomic mass is 10.2. The zero-order valence-electron chi connectivity index (χ0n) is 9.70. The lowest BCUT2D eigenvalue weighted by Gasteiger charge is -2.16. The van der Waals surface area contributed by atoms with E-state index in [1.807, 2.05) is 6.07 Å². The van der Waals surface area contributed by atoms with E-state index in [1.54, 1.807) is 13.2 Å². The fraction of sp³-hybridized carbons (Fsp3) is 0.462. The first-order valence-electron chi connectivity index (χ1n) is 5.69. The molecule has 0 atom stereocenters. The van der Waals surface area contributed by atoms with E-state index < -0.39 is 0 Å². The molecule has 0 aromatic heterocycles. The van der Waals surface area contributed by atoms with Crippen molar-refractivity contribution in [2.45, 2.75) is 31.8 Å². The summed E-state index contributed by atoms with van der Waals surface area (Å²) in [7, 11) is 1.59. The minimum absolute atomic E-state index is 0.281. The molecule has 17 heavy (non-hydrogen) atoms. The summed E-state index contributed by atoms with van der Waals surface area (Å²) < 4.78 is 11.9. The fourth-order valence-corrected chi connectivity index (χ4v) is 2.47. The number of methoxy groups -OCH3 is 1. The molecule has 0 saturated heterocycles. The second-order valence-corrected chi connectivity index (χ2v) is 4.97. The molecule has 3 nitrogen and oxygen atoms in total. The van der Waals surface area contributed by atoms with Crippen LogP contribution >= 0.6 is 15.9 Å². The Morgan fingerprint density at radius 2 is 2.00 bits per heavy atom. The van der Waals surface area contributed by atoms with Crippen LogP contribution in [0.4, 0.5) is 0 Å². The van der Waals surface area contributed by atoms with Crippen LogP contribution in [0.15, 0.2) is 16.6 Å². The number of nitrogens with zero attached hydrogens (tertiary/aromatic N) is 1. The molecule has 0 unspecified atom stereocenters. The Morgan fingerprint density at radius 3 is 2.59 bits per heavy atom. The molecule has 0 N–H and O–H groups in total. The van der Waals surface area contributed by atoms with Gasteiger partial charge in [-0.2, -0.15) is 5.26 Å². The summed E-state index contributed by atoms with van der Waals surface area (Å²) in [4.78, 5) is 0. The normalized spacial score (nSPS) is 15.6. The molecule has 0 bridgehead atoms. The molecule has 4 heteroatoms. The molecule has 1 aliphatic rings. The van der Waals surface area contributed by atoms with Gasteiger partial charge in [0.05, 0.1) is 18.8 Å². The molecular formula is C13H14BrNO2. The van der Waals surface area contributed by atoms with Crippen molar-refractivity contribution in [3.63, 3.8) is 0 Å². The molecule has 0 spiro atoms. The van der Waals surface area contributed by atoms with E-state index in [9.17, 15) is 0 Å². The van der Waals surface area contributed by atoms with Crippen LogP contribution in [0.5, 0.6) is 11.5 Å². The van der Waals surface area contributed by atoms with E-state index >= 15 is 0 Å². The molecular weight excluding hydrogens is 282 g/mol. The average molecular weight is 296 g/mol. The first kappa shape index (κ1) is 12.3. The molecule has 0 aliphatic heterocycles. The first-order valence-corrected chi connectivity index (χ1v) is 6.48. The summed E-state index contributed by atoms with van der Waals surface area (Å²) in [5.74, 6) is 1.34. The van der Waals surface area contributed by atoms with E-state index in [0.717, 1.165) is 17.3 Å². The summed E-state index contributed by atoms with van der Waals surface area (Å²) >= 11 is 3.36. The van der Waals surface area contributed by atoms with Gasteiger partial charge < -0.3 is 9.47 Å². The van der Waals surface area contributed by atoms with E-state index in [0.29, 0.717) is 17.1 Å². The Kier molecular flexibility index (Phi) is 3.90. The summed E-state index contributed by atoms with van der Waals surface area (Å²) in [5, 5.41) is 8.94. The van der Waals surface area contributed by atoms with Gasteiger partial charge in [0.2, 0.25) is 0 Å². The van der Waals surface area contributed by atoms with E-state index in [-0.39, 0.29) is 6.10 Å². The minimum atomic E-state index is 0.281. The smallest absolute Gasteiger partial charge is 0.162 e. The third-order valence-corrected chi connectivity index (χ3v) is 3.63. The predicted molar refractivity (Wildman–Crippen MR) is 68.3 cm³/mol. The van der Waals surface area contributed by atoms with Gasteiger partial charge in [0.1, 0.15) is 6.07 Å². The highest BCUT2D eigenvalue weighted by Gasteiger charge is 2.19. The predicted octanol–water partition coefficient (Wildman–Crippen LogP) is 3.65. The lowest BCUT2D eigenvalue weighted by molar-refractivity contribution is 0.200. The highest BCUT2D eigenvalue weighted by molar-refractivity contribution is 9.10. The van der Waals surface area contributed by atoms with Crippen LogP contribution in [-0.4, -0.2) is 13.2 Å². The van der Waals surface area contributed by atoms with Gasteiger partial charge in [-0.1, -0.05) is 0 Å². The zero-order chi connectivity index (χ0) is 12.3. The minimum Gasteiger partial charge on any atom is -0.493 e. The third-order valence-electron chi connectivity index (χ3n) is 2.97. The Labute approximate surface area is 109 Å². The highest BCUT2D eigenvalue weighted by atomic mass is 79.9. The lowest BCUT2D eigenvalue weighted by Crippen LogP contribution is -2.11. The highest BCUT2D eigenvalue weighted by Crippen LogP contribution is 2.35. The molecule has 0 amide bonds. The van der Waals surface area contributed by atoms with Gasteiger partial charge >= 0.3 is 0 Å². The largest absolute Gasteiger partial charge is 0.493 e. The molecule has 1 aromatic rings. The average Bonchev–Trinajstić information content (AvgIpc) is 2.82. The fourth-order valence-electron chi connectivity index (χ4n) is 2.06. The Morgan fingerprint density at radius 1 is 1.29 bits per heavy atom. The number of nitriles is 1. The molecule has 2 rings (SSSR count). The van der Waals surface area contributed by atoms with Crippen LogP contribution in [-0.2, 0) is 0 Å². The molecule has 1 fully saturated rings. The third kappa shape index (κ3) is 2.73. The van der Waals surface area contributed by atoms with Crippen molar-refractivity contribution in [3.8, 4) is 17.6 Å². The van der Waals surface area contributed by atoms with Crippen molar-refractivity contribution in [1.82, 2.24) is 0 Å². The van der Waals surface area contributed by atoms with Gasteiger partial charge in [0, 0.05) is 10.5 Å². The van der Waals surface area contributed by atoms with Gasteiger partial charge in [-0.15, -0.1) is 0 Å². The summed E-state index contributed by atoms with van der Waals surface area (Å²) in [6.07, 6.45) is 4.93. The van der Waals surface area contributed by atoms with Crippen molar-refractivity contribution < 1.29 is 9.47 Å². The molecule has 90 valence electrons. The summed E-state index contributed by atoms with van der Waals surface area (Å²) in [6, 6.07) is 5.63. The van der Waals surface area contributed by atoms with Gasteiger partial charge in [0.25, 0.3) is 0 Å². The van der Waals surface area contributed by atoms with E-state index in [1.165, 1.54) is 12.8 Å². The second-order valence-electron chi connectivity index (χ2n) is 4.12. The monoisotopic (exact) mass is 295 g/mol. The van der Waals surface area contributed by atoms with Crippen molar-refractivity contribution in [2.24, 2.45) is 0 Å². The quantitative estimate of drug-likeness (QED) is 0.855. The Hall–Kier alpha value is -1.21. The maximum atomic E-state index is 8.94. The molecule has 0 heterocycles. The van der Waals surface area contributed by atoms with E-state index in [4.69, 9.17) is 14.7 Å². The van der Waals surface area contributed by atoms with E-state index in [2.05, 4.69) is 22.0 Å². The van der Waals surface area contributed by atoms with Gasteiger partial charge in [-0.05, 0) is 47.7 Å². The number of hydrogen-bond acceptors (Lipinski definition) is 3. The standard InChI is InChI=1S/C13H14BrNO2/c1-16-12-6-9(8-15)11(14)7-13(12)17-10-4-2-3-5-10/h6-7,10H,2-5H2,1H3. The summed E-state index contributed by atoms with van der Waals surface area (Å²) in [6.45, 7) is 0. The van der Waals surface area contributed by atoms with Crippen LogP contribution in [0.1, 0.15) is 31.2 Å². The number of benzene rings is 1.